The first-order valence-corrected chi connectivity index (χ1v) is 7.64. The Balaban J connectivity index is 2.08. The summed E-state index contributed by atoms with van der Waals surface area (Å²) in [5.41, 5.74) is 5.08. The van der Waals surface area contributed by atoms with Gasteiger partial charge < -0.3 is 11.1 Å². The van der Waals surface area contributed by atoms with Crippen LogP contribution in [0.1, 0.15) is 12.5 Å². The zero-order valence-corrected chi connectivity index (χ0v) is 13.0. The summed E-state index contributed by atoms with van der Waals surface area (Å²) in [6.45, 7) is 1.63. The summed E-state index contributed by atoms with van der Waals surface area (Å²) < 4.78 is 38.7. The van der Waals surface area contributed by atoms with E-state index in [9.17, 15) is 18.0 Å². The van der Waals surface area contributed by atoms with Crippen molar-refractivity contribution in [3.63, 3.8) is 0 Å². The third-order valence-corrected chi connectivity index (χ3v) is 4.16. The van der Waals surface area contributed by atoms with Crippen LogP contribution in [-0.4, -0.2) is 11.2 Å². The van der Waals surface area contributed by atoms with Gasteiger partial charge in [0.15, 0.2) is 0 Å². The normalized spacial score (nSPS) is 12.7. The number of halogens is 3. The van der Waals surface area contributed by atoms with Gasteiger partial charge in [0.2, 0.25) is 5.91 Å². The quantitative estimate of drug-likeness (QED) is 0.640. The molecule has 1 amide bonds. The fraction of sp³-hybridized carbons (Fsp3) is 0.188. The third-order valence-electron chi connectivity index (χ3n) is 3.05. The van der Waals surface area contributed by atoms with E-state index >= 15 is 0 Å². The van der Waals surface area contributed by atoms with E-state index in [1.165, 1.54) is 30.0 Å². The maximum Gasteiger partial charge on any atom is 0.418 e. The molecule has 0 aliphatic heterocycles. The number of amides is 1. The average Bonchev–Trinajstić information content (AvgIpc) is 2.49. The molecule has 23 heavy (non-hydrogen) atoms. The van der Waals surface area contributed by atoms with Crippen LogP contribution < -0.4 is 11.1 Å². The Morgan fingerprint density at radius 3 is 2.35 bits per heavy atom. The van der Waals surface area contributed by atoms with Crippen molar-refractivity contribution < 1.29 is 18.0 Å². The number of nitrogens with two attached hydrogens (primary N) is 1. The molecule has 3 N–H and O–H groups in total. The van der Waals surface area contributed by atoms with E-state index in [-0.39, 0.29) is 5.69 Å². The average molecular weight is 340 g/mol. The van der Waals surface area contributed by atoms with Gasteiger partial charge >= 0.3 is 6.18 Å². The second-order valence-electron chi connectivity index (χ2n) is 4.86. The molecule has 3 nitrogen and oxygen atoms in total. The summed E-state index contributed by atoms with van der Waals surface area (Å²) in [7, 11) is 0. The number of nitrogens with one attached hydrogen (secondary N) is 1. The van der Waals surface area contributed by atoms with Crippen LogP contribution in [0.3, 0.4) is 0 Å². The lowest BCUT2D eigenvalue weighted by atomic mass is 10.1. The van der Waals surface area contributed by atoms with Gasteiger partial charge in [-0.15, -0.1) is 11.8 Å². The Morgan fingerprint density at radius 2 is 1.74 bits per heavy atom. The molecule has 1 unspecified atom stereocenters. The van der Waals surface area contributed by atoms with Crippen molar-refractivity contribution in [3.8, 4) is 0 Å². The lowest BCUT2D eigenvalue weighted by Gasteiger charge is -2.16. The Kier molecular flexibility index (Phi) is 5.20. The van der Waals surface area contributed by atoms with Crippen LogP contribution in [0.2, 0.25) is 0 Å². The topological polar surface area (TPSA) is 55.1 Å². The fourth-order valence-electron chi connectivity index (χ4n) is 1.88. The van der Waals surface area contributed by atoms with Crippen molar-refractivity contribution in [2.45, 2.75) is 23.2 Å². The Hall–Kier alpha value is -2.15. The highest BCUT2D eigenvalue weighted by Gasteiger charge is 2.33. The van der Waals surface area contributed by atoms with Gasteiger partial charge in [0.25, 0.3) is 0 Å². The van der Waals surface area contributed by atoms with Crippen LogP contribution in [0.5, 0.6) is 0 Å². The highest BCUT2D eigenvalue weighted by Crippen LogP contribution is 2.35. The maximum atomic E-state index is 12.9. The van der Waals surface area contributed by atoms with Gasteiger partial charge in [-0.2, -0.15) is 13.2 Å². The summed E-state index contributed by atoms with van der Waals surface area (Å²) in [5.74, 6) is -0.497. The molecule has 0 heterocycles. The second kappa shape index (κ2) is 6.95. The van der Waals surface area contributed by atoms with Crippen LogP contribution in [0.25, 0.3) is 0 Å². The fourth-order valence-corrected chi connectivity index (χ4v) is 2.75. The van der Waals surface area contributed by atoms with Crippen LogP contribution >= 0.6 is 11.8 Å². The number of nitrogen functional groups attached to an aromatic ring is 1. The molecular weight excluding hydrogens is 325 g/mol. The molecule has 0 radical (unpaired) electrons. The van der Waals surface area contributed by atoms with Crippen molar-refractivity contribution in [2.75, 3.05) is 11.1 Å². The highest BCUT2D eigenvalue weighted by atomic mass is 32.2. The minimum atomic E-state index is -4.52. The molecule has 7 heteroatoms. The van der Waals surface area contributed by atoms with Crippen molar-refractivity contribution in [2.24, 2.45) is 0 Å². The molecule has 1 atom stereocenters. The summed E-state index contributed by atoms with van der Waals surface area (Å²) >= 11 is 1.24. The Labute approximate surface area is 136 Å². The standard InChI is InChI=1S/C16H15F3N2OS/c1-10(23-12-8-6-11(20)7-9-12)15(22)21-14-5-3-2-4-13(14)16(17,18)19/h2-10H,20H2,1H3,(H,21,22). The van der Waals surface area contributed by atoms with Gasteiger partial charge in [-0.25, -0.2) is 0 Å². The van der Waals surface area contributed by atoms with Crippen LogP contribution in [-0.2, 0) is 11.0 Å². The molecule has 2 aromatic carbocycles. The number of anilines is 2. The van der Waals surface area contributed by atoms with E-state index in [0.717, 1.165) is 11.0 Å². The minimum Gasteiger partial charge on any atom is -0.399 e. The Bertz CT molecular complexity index is 686. The molecule has 0 spiro atoms. The van der Waals surface area contributed by atoms with Crippen LogP contribution in [0, 0.1) is 0 Å². The number of carbonyl (C=O) groups excluding carboxylic acids is 1. The van der Waals surface area contributed by atoms with E-state index in [1.54, 1.807) is 31.2 Å². The zero-order chi connectivity index (χ0) is 17.0. The predicted molar refractivity (Wildman–Crippen MR) is 86.2 cm³/mol. The molecule has 2 aromatic rings. The number of hydrogen-bond donors (Lipinski definition) is 2. The number of hydrogen-bond acceptors (Lipinski definition) is 3. The monoisotopic (exact) mass is 340 g/mol. The first kappa shape index (κ1) is 17.2. The maximum absolute atomic E-state index is 12.9. The second-order valence-corrected chi connectivity index (χ2v) is 6.28. The first-order chi connectivity index (χ1) is 10.8. The van der Waals surface area contributed by atoms with Gasteiger partial charge in [0.1, 0.15) is 0 Å². The number of alkyl halides is 3. The van der Waals surface area contributed by atoms with Crippen molar-refractivity contribution in [1.29, 1.82) is 0 Å². The van der Waals surface area contributed by atoms with Gasteiger partial charge in [-0.3, -0.25) is 4.79 Å². The molecule has 0 aliphatic carbocycles. The molecule has 0 fully saturated rings. The molecule has 0 saturated heterocycles. The summed E-state index contributed by atoms with van der Waals surface area (Å²) in [4.78, 5) is 12.9. The summed E-state index contributed by atoms with van der Waals surface area (Å²) in [6, 6.07) is 11.8. The van der Waals surface area contributed by atoms with Gasteiger partial charge in [-0.1, -0.05) is 12.1 Å². The number of para-hydroxylation sites is 1. The van der Waals surface area contributed by atoms with E-state index < -0.39 is 22.9 Å². The Morgan fingerprint density at radius 1 is 1.13 bits per heavy atom. The third kappa shape index (κ3) is 4.66. The number of benzene rings is 2. The minimum absolute atomic E-state index is 0.241. The van der Waals surface area contributed by atoms with E-state index in [2.05, 4.69) is 5.32 Å². The molecule has 0 aromatic heterocycles. The van der Waals surface area contributed by atoms with Gasteiger partial charge in [0.05, 0.1) is 16.5 Å². The molecule has 0 saturated carbocycles. The van der Waals surface area contributed by atoms with Crippen molar-refractivity contribution in [3.05, 3.63) is 54.1 Å². The number of rotatable bonds is 4. The molecule has 0 bridgehead atoms. The molecular formula is C16H15F3N2OS. The number of carbonyl (C=O) groups is 1. The van der Waals surface area contributed by atoms with Crippen molar-refractivity contribution >= 4 is 29.0 Å². The van der Waals surface area contributed by atoms with Crippen LogP contribution in [0.4, 0.5) is 24.5 Å². The lowest BCUT2D eigenvalue weighted by Crippen LogP contribution is -2.24. The molecule has 122 valence electrons. The largest absolute Gasteiger partial charge is 0.418 e. The smallest absolute Gasteiger partial charge is 0.399 e. The van der Waals surface area contributed by atoms with E-state index in [4.69, 9.17) is 5.73 Å². The number of thioether (sulfide) groups is 1. The first-order valence-electron chi connectivity index (χ1n) is 6.76. The molecule has 0 aliphatic rings. The highest BCUT2D eigenvalue weighted by molar-refractivity contribution is 8.00. The lowest BCUT2D eigenvalue weighted by molar-refractivity contribution is -0.137. The summed E-state index contributed by atoms with van der Waals surface area (Å²) in [6.07, 6.45) is -4.52. The predicted octanol–water partition coefficient (Wildman–Crippen LogP) is 4.41. The summed E-state index contributed by atoms with van der Waals surface area (Å²) in [5, 5.41) is 1.79. The van der Waals surface area contributed by atoms with Crippen LogP contribution in [0.15, 0.2) is 53.4 Å². The van der Waals surface area contributed by atoms with Gasteiger partial charge in [-0.05, 0) is 43.3 Å². The van der Waals surface area contributed by atoms with E-state index in [0.29, 0.717) is 5.69 Å². The van der Waals surface area contributed by atoms with E-state index in [1.807, 2.05) is 0 Å². The zero-order valence-electron chi connectivity index (χ0n) is 12.2. The SMILES string of the molecule is CC(Sc1ccc(N)cc1)C(=O)Nc1ccccc1C(F)(F)F. The molecule has 2 rings (SSSR count). The van der Waals surface area contributed by atoms with Gasteiger partial charge in [0, 0.05) is 10.6 Å². The van der Waals surface area contributed by atoms with Crippen molar-refractivity contribution in [1.82, 2.24) is 0 Å².